The van der Waals surface area contributed by atoms with Crippen LogP contribution < -0.4 is 26.0 Å². The Morgan fingerprint density at radius 2 is 1.90 bits per heavy atom. The van der Waals surface area contributed by atoms with E-state index in [0.29, 0.717) is 41.8 Å². The number of fused-ring (bicyclic) bond motifs is 2. The lowest BCUT2D eigenvalue weighted by Gasteiger charge is -2.36. The number of hydrogen-bond donors (Lipinski definition) is 4. The van der Waals surface area contributed by atoms with Crippen molar-refractivity contribution in [2.24, 2.45) is 18.7 Å². The van der Waals surface area contributed by atoms with Crippen LogP contribution in [0, 0.1) is 17.1 Å². The molecule has 7 rings (SSSR count). The SMILES string of the molecule is CNC(=O)CCN(C=O)c1nn(C)c2cc(C3CC(Cc4cccc(S(=O)(=O)c5ccc(Nc6nc7c(OC(C)C)c(/C(C=N)=C/N)ncn7n6)c(F)c5)c4)C3)ccc12. The minimum atomic E-state index is -4.06. The molecule has 3 aromatic carbocycles. The highest BCUT2D eigenvalue weighted by Gasteiger charge is 2.31. The number of sulfone groups is 1. The zero-order chi connectivity index (χ0) is 42.0. The van der Waals surface area contributed by atoms with Crippen LogP contribution in [-0.4, -0.2) is 76.0 Å². The van der Waals surface area contributed by atoms with Crippen molar-refractivity contribution in [1.82, 2.24) is 34.7 Å². The van der Waals surface area contributed by atoms with Gasteiger partial charge < -0.3 is 26.5 Å². The van der Waals surface area contributed by atoms with Crippen LogP contribution in [0.5, 0.6) is 5.75 Å². The Kier molecular flexibility index (Phi) is 11.4. The van der Waals surface area contributed by atoms with E-state index >= 15 is 4.39 Å². The number of aryl methyl sites for hydroxylation is 1. The summed E-state index contributed by atoms with van der Waals surface area (Å²) < 4.78 is 52.1. The number of hydrogen-bond acceptors (Lipinski definition) is 12. The summed E-state index contributed by atoms with van der Waals surface area (Å²) in [6, 6.07) is 16.5. The number of anilines is 3. The second kappa shape index (κ2) is 16.7. The van der Waals surface area contributed by atoms with Crippen molar-refractivity contribution in [3.05, 3.63) is 95.8 Å². The van der Waals surface area contributed by atoms with Crippen LogP contribution in [0.4, 0.5) is 21.8 Å². The van der Waals surface area contributed by atoms with E-state index in [9.17, 15) is 18.0 Å². The molecule has 59 heavy (non-hydrogen) atoms. The molecule has 1 aliphatic rings. The predicted octanol–water partition coefficient (Wildman–Crippen LogP) is 5.30. The van der Waals surface area contributed by atoms with Crippen LogP contribution in [-0.2, 0) is 32.9 Å². The molecule has 16 nitrogen and oxygen atoms in total. The maximum absolute atomic E-state index is 15.6. The second-order valence-electron chi connectivity index (χ2n) is 14.7. The topological polar surface area (TPSA) is 216 Å². The summed E-state index contributed by atoms with van der Waals surface area (Å²) >= 11 is 0. The highest BCUT2D eigenvalue weighted by Crippen LogP contribution is 2.44. The van der Waals surface area contributed by atoms with Gasteiger partial charge >= 0.3 is 0 Å². The summed E-state index contributed by atoms with van der Waals surface area (Å²) in [5.41, 5.74) is 9.42. The number of amides is 2. The fourth-order valence-corrected chi connectivity index (χ4v) is 8.62. The first-order valence-electron chi connectivity index (χ1n) is 19.0. The van der Waals surface area contributed by atoms with E-state index in [2.05, 4.69) is 42.9 Å². The van der Waals surface area contributed by atoms with Gasteiger partial charge in [-0.15, -0.1) is 5.10 Å². The lowest BCUT2D eigenvalue weighted by Crippen LogP contribution is -2.28. The minimum Gasteiger partial charge on any atom is -0.485 e. The van der Waals surface area contributed by atoms with E-state index in [4.69, 9.17) is 15.9 Å². The van der Waals surface area contributed by atoms with Crippen molar-refractivity contribution >= 4 is 67.9 Å². The first-order valence-corrected chi connectivity index (χ1v) is 20.5. The van der Waals surface area contributed by atoms with Crippen molar-refractivity contribution in [3.63, 3.8) is 0 Å². The van der Waals surface area contributed by atoms with Gasteiger partial charge in [0.15, 0.2) is 11.6 Å². The van der Waals surface area contributed by atoms with E-state index in [0.717, 1.165) is 47.2 Å². The van der Waals surface area contributed by atoms with E-state index in [1.54, 1.807) is 23.9 Å². The van der Waals surface area contributed by atoms with Gasteiger partial charge in [-0.3, -0.25) is 19.2 Å². The number of carbonyl (C=O) groups is 2. The quantitative estimate of drug-likeness (QED) is 0.0726. The van der Waals surface area contributed by atoms with Crippen molar-refractivity contribution in [3.8, 4) is 5.75 Å². The predicted molar refractivity (Wildman–Crippen MR) is 221 cm³/mol. The van der Waals surface area contributed by atoms with Gasteiger partial charge in [0.05, 0.1) is 27.1 Å². The van der Waals surface area contributed by atoms with Gasteiger partial charge in [0.25, 0.3) is 0 Å². The van der Waals surface area contributed by atoms with Crippen LogP contribution in [0.15, 0.2) is 83.0 Å². The summed E-state index contributed by atoms with van der Waals surface area (Å²) in [4.78, 5) is 33.7. The van der Waals surface area contributed by atoms with Gasteiger partial charge in [0, 0.05) is 50.4 Å². The number of nitrogens with two attached hydrogens (primary N) is 1. The molecule has 5 N–H and O–H groups in total. The summed E-state index contributed by atoms with van der Waals surface area (Å²) in [6.45, 7) is 3.85. The summed E-state index contributed by atoms with van der Waals surface area (Å²) in [6.07, 6.45) is 6.75. The molecular formula is C41H44FN11O5S. The van der Waals surface area contributed by atoms with Crippen LogP contribution in [0.2, 0.25) is 0 Å². The number of rotatable bonds is 16. The molecule has 0 spiro atoms. The molecule has 0 atom stereocenters. The Bertz CT molecular complexity index is 2720. The Labute approximate surface area is 339 Å². The maximum Gasteiger partial charge on any atom is 0.247 e. The van der Waals surface area contributed by atoms with Crippen molar-refractivity contribution < 1.29 is 27.1 Å². The smallest absolute Gasteiger partial charge is 0.247 e. The molecule has 0 aliphatic heterocycles. The first-order chi connectivity index (χ1) is 28.3. The van der Waals surface area contributed by atoms with Crippen molar-refractivity contribution in [2.75, 3.05) is 23.8 Å². The molecule has 0 radical (unpaired) electrons. The average Bonchev–Trinajstić information content (AvgIpc) is 3.78. The highest BCUT2D eigenvalue weighted by atomic mass is 32.2. The molecule has 1 saturated carbocycles. The first kappa shape index (κ1) is 40.5. The number of ether oxygens (including phenoxy) is 1. The van der Waals surface area contributed by atoms with Gasteiger partial charge in [-0.05, 0) is 98.5 Å². The molecule has 1 fully saturated rings. The number of carbonyl (C=O) groups excluding carboxylic acids is 2. The van der Waals surface area contributed by atoms with E-state index in [1.165, 1.54) is 40.1 Å². The van der Waals surface area contributed by atoms with Crippen LogP contribution >= 0.6 is 0 Å². The fraction of sp³-hybridized carbons (Fsp3) is 0.293. The highest BCUT2D eigenvalue weighted by molar-refractivity contribution is 7.91. The number of nitrogens with one attached hydrogen (secondary N) is 3. The largest absolute Gasteiger partial charge is 0.485 e. The van der Waals surface area contributed by atoms with Crippen LogP contribution in [0.25, 0.3) is 22.1 Å². The fourth-order valence-electron chi connectivity index (χ4n) is 7.28. The second-order valence-corrected chi connectivity index (χ2v) is 16.6. The number of aromatic nitrogens is 6. The van der Waals surface area contributed by atoms with E-state index in [1.807, 2.05) is 33.0 Å². The molecule has 0 bridgehead atoms. The van der Waals surface area contributed by atoms with Crippen LogP contribution in [0.3, 0.4) is 0 Å². The molecule has 1 aliphatic carbocycles. The molecule has 0 unspecified atom stereocenters. The summed E-state index contributed by atoms with van der Waals surface area (Å²) in [5.74, 6) is 0.424. The van der Waals surface area contributed by atoms with Crippen LogP contribution in [0.1, 0.15) is 55.8 Å². The normalized spacial score (nSPS) is 15.6. The van der Waals surface area contributed by atoms with Crippen molar-refractivity contribution in [1.29, 1.82) is 5.41 Å². The molecule has 3 aromatic heterocycles. The molecule has 2 amide bonds. The molecule has 0 saturated heterocycles. The standard InChI is InChI=1S/C41H44FN11O5S/c1-24(2)58-38-37(29(20-43)21-44)46-22-53-40(38)48-41(50-53)47-34-11-9-31(19-33(34)42)59(56,57)30-7-5-6-25(17-30)14-26-15-28(16-26)27-8-10-32-35(18-27)51(4)49-39(32)52(23-54)13-12-36(55)45-3/h5-11,17-24,26,28,43H,12-16,44H2,1-4H3,(H,45,55)(H,47,50)/b29-21+,43-20?. The Morgan fingerprint density at radius 1 is 1.12 bits per heavy atom. The molecule has 18 heteroatoms. The van der Waals surface area contributed by atoms with E-state index < -0.39 is 15.7 Å². The van der Waals surface area contributed by atoms with E-state index in [-0.39, 0.29) is 57.8 Å². The van der Waals surface area contributed by atoms with Gasteiger partial charge in [0.2, 0.25) is 33.8 Å². The third-order valence-corrected chi connectivity index (χ3v) is 12.1. The summed E-state index contributed by atoms with van der Waals surface area (Å²) in [7, 11) is -0.682. The molecule has 306 valence electrons. The number of halogens is 1. The maximum atomic E-state index is 15.6. The third kappa shape index (κ3) is 8.20. The lowest BCUT2D eigenvalue weighted by molar-refractivity contribution is -0.120. The summed E-state index contributed by atoms with van der Waals surface area (Å²) in [5, 5.41) is 22.8. The Hall–Kier alpha value is -6.69. The minimum absolute atomic E-state index is 0.00896. The Morgan fingerprint density at radius 3 is 2.59 bits per heavy atom. The number of allylic oxidation sites excluding steroid dienone is 1. The van der Waals surface area contributed by atoms with Crippen molar-refractivity contribution in [2.45, 2.75) is 61.3 Å². The molecular weight excluding hydrogens is 778 g/mol. The average molecular weight is 822 g/mol. The monoisotopic (exact) mass is 821 g/mol. The number of nitrogens with zero attached hydrogens (tertiary/aromatic N) is 7. The molecule has 6 aromatic rings. The third-order valence-electron chi connectivity index (χ3n) is 10.4. The van der Waals surface area contributed by atoms with Gasteiger partial charge in [-0.2, -0.15) is 14.6 Å². The van der Waals surface area contributed by atoms with Gasteiger partial charge in [-0.1, -0.05) is 18.2 Å². The lowest BCUT2D eigenvalue weighted by atomic mass is 9.69. The Balaban J connectivity index is 1.02. The zero-order valence-electron chi connectivity index (χ0n) is 32.9. The zero-order valence-corrected chi connectivity index (χ0v) is 33.7. The molecule has 3 heterocycles. The number of benzene rings is 3. The van der Waals surface area contributed by atoms with Gasteiger partial charge in [0.1, 0.15) is 17.8 Å². The van der Waals surface area contributed by atoms with Gasteiger partial charge in [-0.25, -0.2) is 17.8 Å².